The summed E-state index contributed by atoms with van der Waals surface area (Å²) in [6.07, 6.45) is 4.27. The second kappa shape index (κ2) is 3.71. The molecule has 1 N–H and O–H groups in total. The average Bonchev–Trinajstić information content (AvgIpc) is 2.95. The third-order valence-corrected chi connectivity index (χ3v) is 3.80. The van der Waals surface area contributed by atoms with Gasteiger partial charge in [-0.15, -0.1) is 0 Å². The van der Waals surface area contributed by atoms with Crippen molar-refractivity contribution < 1.29 is 12.8 Å². The van der Waals surface area contributed by atoms with Gasteiger partial charge in [-0.2, -0.15) is 0 Å². The molecule has 18 heavy (non-hydrogen) atoms. The first kappa shape index (κ1) is 11.0. The fourth-order valence-electron chi connectivity index (χ4n) is 1.84. The van der Waals surface area contributed by atoms with E-state index in [2.05, 4.69) is 9.97 Å². The Kier molecular flexibility index (Phi) is 2.27. The normalized spacial score (nSPS) is 12.1. The highest BCUT2D eigenvalue weighted by molar-refractivity contribution is 7.91. The van der Waals surface area contributed by atoms with E-state index in [9.17, 15) is 8.42 Å². The van der Waals surface area contributed by atoms with Gasteiger partial charge in [0.05, 0.1) is 22.2 Å². The molecule has 5 nitrogen and oxygen atoms in total. The lowest BCUT2D eigenvalue weighted by molar-refractivity contribution is 0.568. The molecular weight excluding hydrogens is 252 g/mol. The Morgan fingerprint density at radius 3 is 2.78 bits per heavy atom. The quantitative estimate of drug-likeness (QED) is 0.768. The first-order chi connectivity index (χ1) is 8.55. The van der Waals surface area contributed by atoms with Gasteiger partial charge in [-0.25, -0.2) is 13.4 Å². The lowest BCUT2D eigenvalue weighted by atomic mass is 10.3. The van der Waals surface area contributed by atoms with Gasteiger partial charge in [0.1, 0.15) is 17.6 Å². The fraction of sp³-hybridized carbons (Fsp3) is 0.0833. The lowest BCUT2D eigenvalue weighted by Crippen LogP contribution is -1.97. The number of sulfone groups is 1. The van der Waals surface area contributed by atoms with Crippen LogP contribution < -0.4 is 0 Å². The van der Waals surface area contributed by atoms with Crippen LogP contribution in [0.5, 0.6) is 0 Å². The number of imidazole rings is 1. The molecule has 0 aliphatic heterocycles. The Balaban J connectivity index is 2.31. The molecule has 3 aromatic rings. The van der Waals surface area contributed by atoms with Crippen LogP contribution in [0.2, 0.25) is 0 Å². The minimum absolute atomic E-state index is 0.228. The van der Waals surface area contributed by atoms with Gasteiger partial charge in [-0.1, -0.05) is 6.07 Å². The van der Waals surface area contributed by atoms with Crippen molar-refractivity contribution in [1.29, 1.82) is 0 Å². The van der Waals surface area contributed by atoms with Crippen LogP contribution in [0.3, 0.4) is 0 Å². The second-order valence-electron chi connectivity index (χ2n) is 4.02. The van der Waals surface area contributed by atoms with Crippen LogP contribution in [0, 0.1) is 0 Å². The van der Waals surface area contributed by atoms with Crippen molar-refractivity contribution in [3.8, 4) is 11.4 Å². The molecule has 0 bridgehead atoms. The molecule has 3 rings (SSSR count). The van der Waals surface area contributed by atoms with Gasteiger partial charge in [0.2, 0.25) is 0 Å². The van der Waals surface area contributed by atoms with Crippen LogP contribution in [-0.2, 0) is 9.84 Å². The van der Waals surface area contributed by atoms with Crippen LogP contribution in [0.4, 0.5) is 0 Å². The van der Waals surface area contributed by atoms with Gasteiger partial charge >= 0.3 is 0 Å². The average molecular weight is 262 g/mol. The first-order valence-corrected chi connectivity index (χ1v) is 7.16. The molecule has 0 fully saturated rings. The zero-order valence-corrected chi connectivity index (χ0v) is 10.4. The molecule has 92 valence electrons. The molecule has 6 heteroatoms. The van der Waals surface area contributed by atoms with Crippen molar-refractivity contribution in [1.82, 2.24) is 9.97 Å². The number of nitrogens with one attached hydrogen (secondary N) is 1. The van der Waals surface area contributed by atoms with Crippen LogP contribution in [0.25, 0.3) is 22.4 Å². The third-order valence-electron chi connectivity index (χ3n) is 2.67. The Morgan fingerprint density at radius 2 is 2.11 bits per heavy atom. The zero-order chi connectivity index (χ0) is 12.8. The fourth-order valence-corrected chi connectivity index (χ4v) is 2.67. The predicted molar refractivity (Wildman–Crippen MR) is 66.9 cm³/mol. The SMILES string of the molecule is CS(=O)(=O)c1cccc2[nH]c(-c3ccoc3)nc12. The van der Waals surface area contributed by atoms with E-state index in [0.717, 1.165) is 5.56 Å². The Bertz CT molecular complexity index is 801. The van der Waals surface area contributed by atoms with Crippen molar-refractivity contribution in [2.75, 3.05) is 6.26 Å². The van der Waals surface area contributed by atoms with Gasteiger partial charge in [0.15, 0.2) is 9.84 Å². The summed E-state index contributed by atoms with van der Waals surface area (Å²) in [5, 5.41) is 0. The molecule has 2 heterocycles. The Morgan fingerprint density at radius 1 is 1.28 bits per heavy atom. The second-order valence-corrected chi connectivity index (χ2v) is 6.01. The van der Waals surface area contributed by atoms with Crippen molar-refractivity contribution in [3.63, 3.8) is 0 Å². The van der Waals surface area contributed by atoms with Gasteiger partial charge in [0.25, 0.3) is 0 Å². The summed E-state index contributed by atoms with van der Waals surface area (Å²) in [7, 11) is -3.29. The van der Waals surface area contributed by atoms with E-state index in [1.54, 1.807) is 36.8 Å². The van der Waals surface area contributed by atoms with Gasteiger partial charge in [-0.3, -0.25) is 0 Å². The van der Waals surface area contributed by atoms with Gasteiger partial charge < -0.3 is 9.40 Å². The summed E-state index contributed by atoms with van der Waals surface area (Å²) < 4.78 is 28.3. The number of nitrogens with zero attached hydrogens (tertiary/aromatic N) is 1. The number of fused-ring (bicyclic) bond motifs is 1. The van der Waals surface area contributed by atoms with Gasteiger partial charge in [0, 0.05) is 6.26 Å². The number of hydrogen-bond acceptors (Lipinski definition) is 4. The lowest BCUT2D eigenvalue weighted by Gasteiger charge is -1.97. The number of furan rings is 1. The predicted octanol–water partition coefficient (Wildman–Crippen LogP) is 2.23. The number of aromatic nitrogens is 2. The highest BCUT2D eigenvalue weighted by Gasteiger charge is 2.15. The van der Waals surface area contributed by atoms with Crippen molar-refractivity contribution in [2.45, 2.75) is 4.90 Å². The molecule has 0 aliphatic carbocycles. The number of benzene rings is 1. The number of para-hydroxylation sites is 1. The molecule has 0 spiro atoms. The minimum atomic E-state index is -3.29. The highest BCUT2D eigenvalue weighted by atomic mass is 32.2. The maximum absolute atomic E-state index is 11.7. The standard InChI is InChI=1S/C12H10N2O3S/c1-18(15,16)10-4-2-3-9-11(10)14-12(13-9)8-5-6-17-7-8/h2-7H,1H3,(H,13,14). The van der Waals surface area contributed by atoms with Gasteiger partial charge in [-0.05, 0) is 18.2 Å². The highest BCUT2D eigenvalue weighted by Crippen LogP contribution is 2.25. The smallest absolute Gasteiger partial charge is 0.177 e. The number of rotatable bonds is 2. The van der Waals surface area contributed by atoms with E-state index in [1.165, 1.54) is 6.26 Å². The summed E-state index contributed by atoms with van der Waals surface area (Å²) in [5.41, 5.74) is 1.93. The van der Waals surface area contributed by atoms with Crippen molar-refractivity contribution >= 4 is 20.9 Å². The number of hydrogen-bond donors (Lipinski definition) is 1. The van der Waals surface area contributed by atoms with Crippen LogP contribution in [0.15, 0.2) is 46.1 Å². The summed E-state index contributed by atoms with van der Waals surface area (Å²) in [6.45, 7) is 0. The summed E-state index contributed by atoms with van der Waals surface area (Å²) in [6, 6.07) is 6.80. The molecule has 0 radical (unpaired) electrons. The zero-order valence-electron chi connectivity index (χ0n) is 9.54. The molecule has 0 unspecified atom stereocenters. The molecule has 0 saturated carbocycles. The van der Waals surface area contributed by atoms with E-state index < -0.39 is 9.84 Å². The van der Waals surface area contributed by atoms with E-state index in [1.807, 2.05) is 0 Å². The maximum atomic E-state index is 11.7. The topological polar surface area (TPSA) is 76.0 Å². The van der Waals surface area contributed by atoms with E-state index in [4.69, 9.17) is 4.42 Å². The van der Waals surface area contributed by atoms with E-state index in [0.29, 0.717) is 16.9 Å². The Labute approximate surface area is 103 Å². The third kappa shape index (κ3) is 1.70. The molecular formula is C12H10N2O3S. The minimum Gasteiger partial charge on any atom is -0.472 e. The maximum Gasteiger partial charge on any atom is 0.177 e. The largest absolute Gasteiger partial charge is 0.472 e. The molecule has 0 aliphatic rings. The van der Waals surface area contributed by atoms with Crippen molar-refractivity contribution in [3.05, 3.63) is 36.8 Å². The van der Waals surface area contributed by atoms with Crippen LogP contribution in [0.1, 0.15) is 0 Å². The molecule has 0 atom stereocenters. The van der Waals surface area contributed by atoms with E-state index in [-0.39, 0.29) is 4.90 Å². The number of H-pyrrole nitrogens is 1. The molecule has 0 amide bonds. The molecule has 1 aromatic carbocycles. The molecule has 0 saturated heterocycles. The van der Waals surface area contributed by atoms with Crippen molar-refractivity contribution in [2.24, 2.45) is 0 Å². The Hall–Kier alpha value is -2.08. The van der Waals surface area contributed by atoms with Crippen LogP contribution in [-0.4, -0.2) is 24.6 Å². The first-order valence-electron chi connectivity index (χ1n) is 5.27. The summed E-state index contributed by atoms with van der Waals surface area (Å²) in [4.78, 5) is 7.63. The van der Waals surface area contributed by atoms with E-state index >= 15 is 0 Å². The van der Waals surface area contributed by atoms with Crippen LogP contribution >= 0.6 is 0 Å². The monoisotopic (exact) mass is 262 g/mol. The summed E-state index contributed by atoms with van der Waals surface area (Å²) in [5.74, 6) is 0.592. The number of aromatic amines is 1. The molecule has 2 aromatic heterocycles. The summed E-state index contributed by atoms with van der Waals surface area (Å²) >= 11 is 0.